The van der Waals surface area contributed by atoms with Crippen molar-refractivity contribution in [3.8, 4) is 5.75 Å². The molecule has 3 nitrogen and oxygen atoms in total. The van der Waals surface area contributed by atoms with Gasteiger partial charge >= 0.3 is 0 Å². The predicted molar refractivity (Wildman–Crippen MR) is 84.4 cm³/mol. The van der Waals surface area contributed by atoms with Gasteiger partial charge in [0, 0.05) is 17.7 Å². The van der Waals surface area contributed by atoms with E-state index < -0.39 is 0 Å². The number of fused-ring (bicyclic) bond motifs is 5. The third-order valence-electron chi connectivity index (χ3n) is 5.47. The summed E-state index contributed by atoms with van der Waals surface area (Å²) in [6.45, 7) is 0. The number of nitrogens with zero attached hydrogens (tertiary/aromatic N) is 1. The van der Waals surface area contributed by atoms with Crippen molar-refractivity contribution in [3.63, 3.8) is 0 Å². The molecule has 3 aliphatic rings. The van der Waals surface area contributed by atoms with Gasteiger partial charge in [-0.05, 0) is 54.2 Å². The van der Waals surface area contributed by atoms with Crippen LogP contribution in [0.2, 0.25) is 0 Å². The normalized spacial score (nSPS) is 25.0. The van der Waals surface area contributed by atoms with E-state index in [2.05, 4.69) is 23.1 Å². The Balaban J connectivity index is 1.76. The number of rotatable bonds is 2. The SMILES string of the molecule is COc1ccc2c(c1)C[C@]1(C3CC3)c3ccccc3C(=O)N21. The van der Waals surface area contributed by atoms with Gasteiger partial charge in [-0.15, -0.1) is 0 Å². The van der Waals surface area contributed by atoms with E-state index in [-0.39, 0.29) is 11.4 Å². The number of ether oxygens (including phenoxy) is 1. The molecule has 3 heteroatoms. The summed E-state index contributed by atoms with van der Waals surface area (Å²) < 4.78 is 5.36. The van der Waals surface area contributed by atoms with E-state index in [0.717, 1.165) is 23.4 Å². The summed E-state index contributed by atoms with van der Waals surface area (Å²) in [5, 5.41) is 0. The molecule has 2 aromatic rings. The maximum absolute atomic E-state index is 13.0. The molecule has 2 aliphatic heterocycles. The molecule has 1 atom stereocenters. The lowest BCUT2D eigenvalue weighted by Gasteiger charge is -2.33. The van der Waals surface area contributed by atoms with Gasteiger partial charge in [-0.2, -0.15) is 0 Å². The van der Waals surface area contributed by atoms with E-state index in [0.29, 0.717) is 5.92 Å². The molecule has 0 aromatic heterocycles. The number of anilines is 1. The summed E-state index contributed by atoms with van der Waals surface area (Å²) in [7, 11) is 1.69. The molecule has 0 saturated heterocycles. The molecule has 0 N–H and O–H groups in total. The molecule has 0 bridgehead atoms. The Kier molecular flexibility index (Phi) is 2.18. The molecule has 5 rings (SSSR count). The number of amides is 1. The number of carbonyl (C=O) groups is 1. The maximum Gasteiger partial charge on any atom is 0.259 e. The first-order valence-electron chi connectivity index (χ1n) is 7.86. The third-order valence-corrected chi connectivity index (χ3v) is 5.47. The Bertz CT molecular complexity index is 809. The fraction of sp³-hybridized carbons (Fsp3) is 0.316. The zero-order valence-electron chi connectivity index (χ0n) is 12.5. The quantitative estimate of drug-likeness (QED) is 0.847. The van der Waals surface area contributed by atoms with Crippen LogP contribution in [0.3, 0.4) is 0 Å². The second-order valence-electron chi connectivity index (χ2n) is 6.56. The zero-order valence-corrected chi connectivity index (χ0v) is 12.5. The summed E-state index contributed by atoms with van der Waals surface area (Å²) in [5.74, 6) is 1.61. The fourth-order valence-corrected chi connectivity index (χ4v) is 4.41. The molecule has 1 saturated carbocycles. The number of methoxy groups -OCH3 is 1. The number of hydrogen-bond donors (Lipinski definition) is 0. The van der Waals surface area contributed by atoms with Crippen molar-refractivity contribution in [1.82, 2.24) is 0 Å². The molecular formula is C19H17NO2. The monoisotopic (exact) mass is 291 g/mol. The molecule has 1 amide bonds. The summed E-state index contributed by atoms with van der Waals surface area (Å²) in [6, 6.07) is 14.2. The van der Waals surface area contributed by atoms with Crippen molar-refractivity contribution in [2.45, 2.75) is 24.8 Å². The lowest BCUT2D eigenvalue weighted by Crippen LogP contribution is -2.43. The van der Waals surface area contributed by atoms with Gasteiger partial charge in [0.05, 0.1) is 12.6 Å². The molecule has 22 heavy (non-hydrogen) atoms. The van der Waals surface area contributed by atoms with Crippen LogP contribution in [-0.2, 0) is 12.0 Å². The Morgan fingerprint density at radius 3 is 2.77 bits per heavy atom. The van der Waals surface area contributed by atoms with Crippen LogP contribution in [0.5, 0.6) is 5.75 Å². The summed E-state index contributed by atoms with van der Waals surface area (Å²) in [6.07, 6.45) is 3.33. The Morgan fingerprint density at radius 1 is 1.18 bits per heavy atom. The average molecular weight is 291 g/mol. The first kappa shape index (κ1) is 12.3. The van der Waals surface area contributed by atoms with Crippen molar-refractivity contribution in [2.24, 2.45) is 5.92 Å². The minimum atomic E-state index is -0.150. The van der Waals surface area contributed by atoms with Gasteiger partial charge in [0.1, 0.15) is 5.75 Å². The predicted octanol–water partition coefficient (Wildman–Crippen LogP) is 3.52. The van der Waals surface area contributed by atoms with E-state index in [1.807, 2.05) is 24.3 Å². The summed E-state index contributed by atoms with van der Waals surface area (Å²) >= 11 is 0. The lowest BCUT2D eigenvalue weighted by molar-refractivity contribution is 0.0976. The lowest BCUT2D eigenvalue weighted by atomic mass is 9.82. The van der Waals surface area contributed by atoms with Gasteiger partial charge in [0.15, 0.2) is 0 Å². The van der Waals surface area contributed by atoms with Crippen molar-refractivity contribution in [2.75, 3.05) is 12.0 Å². The fourth-order valence-electron chi connectivity index (χ4n) is 4.41. The number of benzene rings is 2. The smallest absolute Gasteiger partial charge is 0.259 e. The van der Waals surface area contributed by atoms with E-state index in [9.17, 15) is 4.79 Å². The molecule has 1 fully saturated rings. The highest BCUT2D eigenvalue weighted by Gasteiger charge is 2.61. The van der Waals surface area contributed by atoms with Crippen LogP contribution in [0.15, 0.2) is 42.5 Å². The molecule has 0 spiro atoms. The molecule has 2 aromatic carbocycles. The van der Waals surface area contributed by atoms with Gasteiger partial charge in [-0.25, -0.2) is 0 Å². The molecule has 0 radical (unpaired) electrons. The topological polar surface area (TPSA) is 29.5 Å². The van der Waals surface area contributed by atoms with Crippen LogP contribution in [0, 0.1) is 5.92 Å². The van der Waals surface area contributed by atoms with Crippen molar-refractivity contribution < 1.29 is 9.53 Å². The minimum absolute atomic E-state index is 0.150. The highest BCUT2D eigenvalue weighted by atomic mass is 16.5. The minimum Gasteiger partial charge on any atom is -0.497 e. The zero-order chi connectivity index (χ0) is 14.9. The van der Waals surface area contributed by atoms with Gasteiger partial charge in [-0.1, -0.05) is 18.2 Å². The summed E-state index contributed by atoms with van der Waals surface area (Å²) in [5.41, 5.74) is 4.25. The average Bonchev–Trinajstić information content (AvgIpc) is 3.31. The highest BCUT2D eigenvalue weighted by molar-refractivity contribution is 6.13. The largest absolute Gasteiger partial charge is 0.497 e. The number of carbonyl (C=O) groups excluding carboxylic acids is 1. The van der Waals surface area contributed by atoms with Crippen LogP contribution < -0.4 is 9.64 Å². The Labute approximate surface area is 129 Å². The highest BCUT2D eigenvalue weighted by Crippen LogP contribution is 2.61. The van der Waals surface area contributed by atoms with Gasteiger partial charge in [0.25, 0.3) is 5.91 Å². The van der Waals surface area contributed by atoms with E-state index in [4.69, 9.17) is 4.74 Å². The number of hydrogen-bond acceptors (Lipinski definition) is 2. The molecule has 1 aliphatic carbocycles. The molecular weight excluding hydrogens is 274 g/mol. The Hall–Kier alpha value is -2.29. The second kappa shape index (κ2) is 3.92. The van der Waals surface area contributed by atoms with Crippen molar-refractivity contribution in [3.05, 3.63) is 59.2 Å². The second-order valence-corrected chi connectivity index (χ2v) is 6.56. The Morgan fingerprint density at radius 2 is 2.00 bits per heavy atom. The van der Waals surface area contributed by atoms with Crippen LogP contribution in [0.4, 0.5) is 5.69 Å². The van der Waals surface area contributed by atoms with Gasteiger partial charge in [-0.3, -0.25) is 9.69 Å². The van der Waals surface area contributed by atoms with Crippen LogP contribution in [0.25, 0.3) is 0 Å². The first-order valence-corrected chi connectivity index (χ1v) is 7.86. The molecule has 0 unspecified atom stereocenters. The van der Waals surface area contributed by atoms with Crippen LogP contribution in [0.1, 0.15) is 34.3 Å². The molecule has 110 valence electrons. The van der Waals surface area contributed by atoms with Crippen molar-refractivity contribution in [1.29, 1.82) is 0 Å². The van der Waals surface area contributed by atoms with E-state index in [1.165, 1.54) is 24.0 Å². The maximum atomic E-state index is 13.0. The van der Waals surface area contributed by atoms with E-state index in [1.54, 1.807) is 7.11 Å². The third kappa shape index (κ3) is 1.30. The van der Waals surface area contributed by atoms with Gasteiger partial charge in [0.2, 0.25) is 0 Å². The van der Waals surface area contributed by atoms with Crippen molar-refractivity contribution >= 4 is 11.6 Å². The first-order chi connectivity index (χ1) is 10.8. The summed E-state index contributed by atoms with van der Waals surface area (Å²) in [4.78, 5) is 15.1. The van der Waals surface area contributed by atoms with Crippen LogP contribution >= 0.6 is 0 Å². The van der Waals surface area contributed by atoms with E-state index >= 15 is 0 Å². The van der Waals surface area contributed by atoms with Gasteiger partial charge < -0.3 is 4.74 Å². The van der Waals surface area contributed by atoms with Crippen LogP contribution in [-0.4, -0.2) is 13.0 Å². The molecule has 2 heterocycles. The standard InChI is InChI=1S/C19H17NO2/c1-22-14-8-9-17-12(10-14)11-19(13-6-7-13)16-5-3-2-4-15(16)18(21)20(17)19/h2-5,8-10,13H,6-7,11H2,1H3/t19-/m0/s1.